The highest BCUT2D eigenvalue weighted by atomic mass is 16.5. The smallest absolute Gasteiger partial charge is 0.148 e. The van der Waals surface area contributed by atoms with Crippen molar-refractivity contribution >= 4 is 6.29 Å². The molecular weight excluding hydrogens is 116 g/mol. The van der Waals surface area contributed by atoms with Gasteiger partial charge in [-0.15, -0.1) is 0 Å². The van der Waals surface area contributed by atoms with Crippen LogP contribution in [0.2, 0.25) is 0 Å². The normalized spacial score (nSPS) is 15.1. The first-order chi connectivity index (χ1) is 3.95. The topological polar surface area (TPSA) is 26.3 Å². The van der Waals surface area contributed by atoms with E-state index in [0.717, 1.165) is 6.29 Å². The minimum Gasteiger partial charge on any atom is -0.365 e. The van der Waals surface area contributed by atoms with Gasteiger partial charge in [-0.05, 0) is 27.7 Å². The van der Waals surface area contributed by atoms with Gasteiger partial charge in [-0.1, -0.05) is 0 Å². The zero-order chi connectivity index (χ0) is 7.49. The highest BCUT2D eigenvalue weighted by Gasteiger charge is 2.13. The van der Waals surface area contributed by atoms with E-state index >= 15 is 0 Å². The number of hydrogen-bond donors (Lipinski definition) is 0. The Bertz CT molecular complexity index is 91.6. The Morgan fingerprint density at radius 2 is 1.89 bits per heavy atom. The summed E-state index contributed by atoms with van der Waals surface area (Å²) in [6, 6.07) is 0. The molecule has 0 aromatic rings. The average Bonchev–Trinajstić information content (AvgIpc) is 1.62. The van der Waals surface area contributed by atoms with Crippen molar-refractivity contribution in [3.05, 3.63) is 0 Å². The summed E-state index contributed by atoms with van der Waals surface area (Å²) in [5.74, 6) is 0. The largest absolute Gasteiger partial charge is 0.365 e. The molecule has 0 saturated carbocycles. The zero-order valence-electron chi connectivity index (χ0n) is 6.47. The molecule has 0 aliphatic heterocycles. The van der Waals surface area contributed by atoms with E-state index in [1.807, 2.05) is 20.8 Å². The summed E-state index contributed by atoms with van der Waals surface area (Å²) in [5.41, 5.74) is -0.208. The lowest BCUT2D eigenvalue weighted by atomic mass is 10.2. The highest BCUT2D eigenvalue weighted by Crippen LogP contribution is 2.08. The Kier molecular flexibility index (Phi) is 2.85. The fraction of sp³-hybridized carbons (Fsp3) is 0.857. The second-order valence-electron chi connectivity index (χ2n) is 3.07. The van der Waals surface area contributed by atoms with E-state index in [0.29, 0.717) is 0 Å². The van der Waals surface area contributed by atoms with Gasteiger partial charge in [-0.25, -0.2) is 0 Å². The summed E-state index contributed by atoms with van der Waals surface area (Å²) in [6.45, 7) is 7.51. The lowest BCUT2D eigenvalue weighted by Gasteiger charge is -2.21. The molecule has 0 aliphatic rings. The molecular formula is C7H14O2. The Hall–Kier alpha value is -0.370. The van der Waals surface area contributed by atoms with Crippen molar-refractivity contribution < 1.29 is 9.53 Å². The van der Waals surface area contributed by atoms with Gasteiger partial charge in [0.2, 0.25) is 0 Å². The molecule has 1 atom stereocenters. The number of carbonyl (C=O) groups is 1. The Morgan fingerprint density at radius 1 is 1.44 bits per heavy atom. The molecule has 54 valence electrons. The average molecular weight is 130 g/mol. The van der Waals surface area contributed by atoms with Crippen molar-refractivity contribution in [3.8, 4) is 0 Å². The second kappa shape index (κ2) is 2.97. The van der Waals surface area contributed by atoms with Crippen LogP contribution in [0.15, 0.2) is 0 Å². The molecule has 2 heteroatoms. The minimum atomic E-state index is -0.287. The van der Waals surface area contributed by atoms with Crippen molar-refractivity contribution in [3.63, 3.8) is 0 Å². The van der Waals surface area contributed by atoms with Crippen LogP contribution < -0.4 is 0 Å². The van der Waals surface area contributed by atoms with E-state index in [9.17, 15) is 4.79 Å². The summed E-state index contributed by atoms with van der Waals surface area (Å²) in [4.78, 5) is 10.1. The molecule has 9 heavy (non-hydrogen) atoms. The fourth-order valence-electron chi connectivity index (χ4n) is 0.585. The van der Waals surface area contributed by atoms with Crippen molar-refractivity contribution in [2.45, 2.75) is 39.4 Å². The van der Waals surface area contributed by atoms with Crippen LogP contribution in [0.3, 0.4) is 0 Å². The third-order valence-electron chi connectivity index (χ3n) is 0.731. The van der Waals surface area contributed by atoms with Gasteiger partial charge in [0.1, 0.15) is 12.4 Å². The van der Waals surface area contributed by atoms with E-state index in [2.05, 4.69) is 0 Å². The van der Waals surface area contributed by atoms with Crippen LogP contribution in [0.25, 0.3) is 0 Å². The first-order valence-electron chi connectivity index (χ1n) is 3.09. The fourth-order valence-corrected chi connectivity index (χ4v) is 0.585. The summed E-state index contributed by atoms with van der Waals surface area (Å²) in [5, 5.41) is 0. The van der Waals surface area contributed by atoms with Crippen LogP contribution in [-0.4, -0.2) is 18.0 Å². The van der Waals surface area contributed by atoms with Crippen molar-refractivity contribution in [1.29, 1.82) is 0 Å². The molecule has 0 amide bonds. The van der Waals surface area contributed by atoms with Gasteiger partial charge in [-0.2, -0.15) is 0 Å². The van der Waals surface area contributed by atoms with Crippen molar-refractivity contribution in [2.24, 2.45) is 0 Å². The highest BCUT2D eigenvalue weighted by molar-refractivity contribution is 5.55. The van der Waals surface area contributed by atoms with Crippen LogP contribution in [0.1, 0.15) is 27.7 Å². The monoisotopic (exact) mass is 130 g/mol. The first kappa shape index (κ1) is 8.63. The van der Waals surface area contributed by atoms with Crippen LogP contribution in [0, 0.1) is 0 Å². The molecule has 0 N–H and O–H groups in total. The van der Waals surface area contributed by atoms with Crippen LogP contribution in [0.4, 0.5) is 0 Å². The molecule has 0 radical (unpaired) electrons. The van der Waals surface area contributed by atoms with Gasteiger partial charge in [0.25, 0.3) is 0 Å². The van der Waals surface area contributed by atoms with Gasteiger partial charge >= 0.3 is 0 Å². The molecule has 0 fully saturated rings. The van der Waals surface area contributed by atoms with Gasteiger partial charge in [0, 0.05) is 0 Å². The SMILES string of the molecule is C[C@H](C=O)OC(C)(C)C. The van der Waals surface area contributed by atoms with Crippen molar-refractivity contribution in [2.75, 3.05) is 0 Å². The first-order valence-corrected chi connectivity index (χ1v) is 3.09. The number of hydrogen-bond acceptors (Lipinski definition) is 2. The predicted molar refractivity (Wildman–Crippen MR) is 36.4 cm³/mol. The molecule has 0 spiro atoms. The molecule has 0 saturated heterocycles. The molecule has 0 aromatic carbocycles. The van der Waals surface area contributed by atoms with E-state index in [1.165, 1.54) is 0 Å². The number of carbonyl (C=O) groups excluding carboxylic acids is 1. The maximum Gasteiger partial charge on any atom is 0.148 e. The van der Waals surface area contributed by atoms with Gasteiger partial charge < -0.3 is 9.53 Å². The zero-order valence-corrected chi connectivity index (χ0v) is 6.47. The van der Waals surface area contributed by atoms with E-state index in [4.69, 9.17) is 4.74 Å². The maximum absolute atomic E-state index is 10.1. The maximum atomic E-state index is 10.1. The molecule has 0 heterocycles. The second-order valence-corrected chi connectivity index (χ2v) is 3.07. The molecule has 0 rings (SSSR count). The van der Waals surface area contributed by atoms with Crippen LogP contribution in [-0.2, 0) is 9.53 Å². The van der Waals surface area contributed by atoms with E-state index in [-0.39, 0.29) is 11.7 Å². The summed E-state index contributed by atoms with van der Waals surface area (Å²) in [7, 11) is 0. The number of aldehydes is 1. The summed E-state index contributed by atoms with van der Waals surface area (Å²) >= 11 is 0. The lowest BCUT2D eigenvalue weighted by Crippen LogP contribution is -2.26. The van der Waals surface area contributed by atoms with E-state index < -0.39 is 0 Å². The molecule has 0 unspecified atom stereocenters. The molecule has 0 aromatic heterocycles. The van der Waals surface area contributed by atoms with Crippen LogP contribution in [0.5, 0.6) is 0 Å². The third-order valence-corrected chi connectivity index (χ3v) is 0.731. The van der Waals surface area contributed by atoms with E-state index in [1.54, 1.807) is 6.92 Å². The van der Waals surface area contributed by atoms with Crippen molar-refractivity contribution in [1.82, 2.24) is 0 Å². The standard InChI is InChI=1S/C7H14O2/c1-6(5-8)9-7(2,3)4/h5-6H,1-4H3/t6-/m1/s1. The molecule has 0 bridgehead atoms. The molecule has 2 nitrogen and oxygen atoms in total. The van der Waals surface area contributed by atoms with Gasteiger partial charge in [0.15, 0.2) is 0 Å². The predicted octanol–water partition coefficient (Wildman–Crippen LogP) is 1.39. The summed E-state index contributed by atoms with van der Waals surface area (Å²) < 4.78 is 5.22. The lowest BCUT2D eigenvalue weighted by molar-refractivity contribution is -0.125. The number of rotatable bonds is 2. The molecule has 0 aliphatic carbocycles. The summed E-state index contributed by atoms with van der Waals surface area (Å²) in [6.07, 6.45) is 0.510. The van der Waals surface area contributed by atoms with Crippen LogP contribution >= 0.6 is 0 Å². The minimum absolute atomic E-state index is 0.208. The Balaban J connectivity index is 3.59. The Morgan fingerprint density at radius 3 is 2.00 bits per heavy atom. The quantitative estimate of drug-likeness (QED) is 0.528. The van der Waals surface area contributed by atoms with Gasteiger partial charge in [0.05, 0.1) is 5.60 Å². The number of ether oxygens (including phenoxy) is 1. The van der Waals surface area contributed by atoms with Gasteiger partial charge in [-0.3, -0.25) is 0 Å². The Labute approximate surface area is 56.2 Å². The third kappa shape index (κ3) is 5.50.